The fraction of sp³-hybridized carbons (Fsp3) is 0.0952. The Morgan fingerprint density at radius 2 is 1.65 bits per heavy atom. The van der Waals surface area contributed by atoms with Crippen LogP contribution in [-0.4, -0.2) is 10.9 Å². The first-order chi connectivity index (χ1) is 12.5. The number of hydrogen-bond acceptors (Lipinski definition) is 4. The SMILES string of the molecule is CC(=O)Nc1ccc(-c2c(C#N)c(N)nc(C)c2-c2ccccc2)cc1. The van der Waals surface area contributed by atoms with Crippen LogP contribution in [0.3, 0.4) is 0 Å². The minimum atomic E-state index is -0.135. The number of hydrogen-bond donors (Lipinski definition) is 2. The Labute approximate surface area is 152 Å². The highest BCUT2D eigenvalue weighted by Crippen LogP contribution is 2.38. The van der Waals surface area contributed by atoms with E-state index < -0.39 is 0 Å². The number of pyridine rings is 1. The molecule has 3 N–H and O–H groups in total. The van der Waals surface area contributed by atoms with Crippen molar-refractivity contribution in [2.45, 2.75) is 13.8 Å². The first kappa shape index (κ1) is 17.2. The first-order valence-corrected chi connectivity index (χ1v) is 8.15. The Morgan fingerprint density at radius 1 is 1.04 bits per heavy atom. The number of nitrogens with two attached hydrogens (primary N) is 1. The molecule has 0 bridgehead atoms. The van der Waals surface area contributed by atoms with Gasteiger partial charge in [0.25, 0.3) is 0 Å². The number of nitriles is 1. The quantitative estimate of drug-likeness (QED) is 0.748. The zero-order valence-corrected chi connectivity index (χ0v) is 14.6. The van der Waals surface area contributed by atoms with Crippen molar-refractivity contribution >= 4 is 17.4 Å². The molecule has 0 saturated carbocycles. The molecule has 0 atom stereocenters. The fourth-order valence-corrected chi connectivity index (χ4v) is 3.01. The molecule has 0 saturated heterocycles. The van der Waals surface area contributed by atoms with Crippen molar-refractivity contribution in [3.05, 3.63) is 65.9 Å². The molecule has 0 unspecified atom stereocenters. The summed E-state index contributed by atoms with van der Waals surface area (Å²) in [5.74, 6) is 0.0788. The Kier molecular flexibility index (Phi) is 4.68. The van der Waals surface area contributed by atoms with Crippen molar-refractivity contribution in [2.24, 2.45) is 0 Å². The summed E-state index contributed by atoms with van der Waals surface area (Å²) in [4.78, 5) is 15.6. The summed E-state index contributed by atoms with van der Waals surface area (Å²) in [6.07, 6.45) is 0. The molecule has 1 aromatic heterocycles. The first-order valence-electron chi connectivity index (χ1n) is 8.15. The lowest BCUT2D eigenvalue weighted by Crippen LogP contribution is -2.06. The summed E-state index contributed by atoms with van der Waals surface area (Å²) in [7, 11) is 0. The summed E-state index contributed by atoms with van der Waals surface area (Å²) in [5, 5.41) is 12.4. The number of nitrogens with one attached hydrogen (secondary N) is 1. The standard InChI is InChI=1S/C21H18N4O/c1-13-19(15-6-4-3-5-7-15)20(18(12-22)21(23)24-13)16-8-10-17(11-9-16)25-14(2)26/h3-11H,1-2H3,(H2,23,24)(H,25,26). The number of nitrogen functional groups attached to an aromatic ring is 1. The topological polar surface area (TPSA) is 91.8 Å². The molecule has 5 heteroatoms. The van der Waals surface area contributed by atoms with E-state index in [1.54, 1.807) is 12.1 Å². The normalized spacial score (nSPS) is 10.2. The number of amides is 1. The molecule has 3 rings (SSSR count). The maximum absolute atomic E-state index is 11.2. The monoisotopic (exact) mass is 342 g/mol. The molecule has 0 spiro atoms. The number of carbonyl (C=O) groups excluding carboxylic acids is 1. The Morgan fingerprint density at radius 3 is 2.23 bits per heavy atom. The molecular formula is C21H18N4O. The summed E-state index contributed by atoms with van der Waals surface area (Å²) in [6, 6.07) is 19.3. The van der Waals surface area contributed by atoms with Crippen molar-refractivity contribution < 1.29 is 4.79 Å². The Balaban J connectivity index is 2.25. The predicted molar refractivity (Wildman–Crippen MR) is 103 cm³/mol. The van der Waals surface area contributed by atoms with E-state index in [1.165, 1.54) is 6.92 Å². The second kappa shape index (κ2) is 7.08. The van der Waals surface area contributed by atoms with E-state index in [2.05, 4.69) is 16.4 Å². The number of aromatic nitrogens is 1. The van der Waals surface area contributed by atoms with Gasteiger partial charge < -0.3 is 11.1 Å². The molecule has 1 heterocycles. The number of benzene rings is 2. The molecule has 2 aromatic carbocycles. The summed E-state index contributed by atoms with van der Waals surface area (Å²) in [5.41, 5.74) is 11.3. The van der Waals surface area contributed by atoms with Gasteiger partial charge in [0.15, 0.2) is 0 Å². The number of rotatable bonds is 3. The summed E-state index contributed by atoms with van der Waals surface area (Å²) >= 11 is 0. The average Bonchev–Trinajstić information content (AvgIpc) is 2.62. The fourth-order valence-electron chi connectivity index (χ4n) is 3.01. The third-order valence-corrected chi connectivity index (χ3v) is 4.07. The third kappa shape index (κ3) is 3.26. The van der Waals surface area contributed by atoms with Crippen molar-refractivity contribution in [1.82, 2.24) is 4.98 Å². The summed E-state index contributed by atoms with van der Waals surface area (Å²) < 4.78 is 0. The lowest BCUT2D eigenvalue weighted by molar-refractivity contribution is -0.114. The van der Waals surface area contributed by atoms with Crippen molar-refractivity contribution in [2.75, 3.05) is 11.1 Å². The van der Waals surface area contributed by atoms with Gasteiger partial charge in [-0.05, 0) is 30.2 Å². The van der Waals surface area contributed by atoms with E-state index in [9.17, 15) is 10.1 Å². The minimum absolute atomic E-state index is 0.135. The van der Waals surface area contributed by atoms with Gasteiger partial charge in [0.05, 0.1) is 0 Å². The Hall–Kier alpha value is -3.65. The molecule has 0 aliphatic rings. The van der Waals surface area contributed by atoms with Crippen molar-refractivity contribution in [3.8, 4) is 28.3 Å². The van der Waals surface area contributed by atoms with Crippen LogP contribution >= 0.6 is 0 Å². The highest BCUT2D eigenvalue weighted by atomic mass is 16.1. The minimum Gasteiger partial charge on any atom is -0.383 e. The van der Waals surface area contributed by atoms with E-state index >= 15 is 0 Å². The molecule has 5 nitrogen and oxygen atoms in total. The van der Waals surface area contributed by atoms with Gasteiger partial charge in [-0.1, -0.05) is 42.5 Å². The number of anilines is 2. The van der Waals surface area contributed by atoms with Crippen LogP contribution in [0, 0.1) is 18.3 Å². The largest absolute Gasteiger partial charge is 0.383 e. The molecule has 0 radical (unpaired) electrons. The van der Waals surface area contributed by atoms with Gasteiger partial charge in [0.1, 0.15) is 17.5 Å². The molecule has 1 amide bonds. The smallest absolute Gasteiger partial charge is 0.221 e. The number of nitrogens with zero attached hydrogens (tertiary/aromatic N) is 2. The molecule has 0 aliphatic carbocycles. The van der Waals surface area contributed by atoms with Gasteiger partial charge in [-0.15, -0.1) is 0 Å². The van der Waals surface area contributed by atoms with E-state index in [-0.39, 0.29) is 11.7 Å². The van der Waals surface area contributed by atoms with Gasteiger partial charge in [-0.3, -0.25) is 4.79 Å². The second-order valence-corrected chi connectivity index (χ2v) is 5.94. The van der Waals surface area contributed by atoms with E-state index in [0.717, 1.165) is 27.9 Å². The van der Waals surface area contributed by atoms with Crippen molar-refractivity contribution in [3.63, 3.8) is 0 Å². The molecule has 0 aliphatic heterocycles. The maximum atomic E-state index is 11.2. The highest BCUT2D eigenvalue weighted by molar-refractivity contribution is 5.92. The number of aryl methyl sites for hydroxylation is 1. The Bertz CT molecular complexity index is 1000. The lowest BCUT2D eigenvalue weighted by atomic mass is 9.90. The van der Waals surface area contributed by atoms with Gasteiger partial charge in [0, 0.05) is 29.4 Å². The van der Waals surface area contributed by atoms with Gasteiger partial charge in [-0.25, -0.2) is 4.98 Å². The highest BCUT2D eigenvalue weighted by Gasteiger charge is 2.19. The van der Waals surface area contributed by atoms with Crippen LogP contribution in [0.15, 0.2) is 54.6 Å². The predicted octanol–water partition coefficient (Wildman–Crippen LogP) is 4.14. The van der Waals surface area contributed by atoms with E-state index in [4.69, 9.17) is 5.73 Å². The molecule has 128 valence electrons. The molecular weight excluding hydrogens is 324 g/mol. The summed E-state index contributed by atoms with van der Waals surface area (Å²) in [6.45, 7) is 3.34. The molecule has 3 aromatic rings. The van der Waals surface area contributed by atoms with Crippen molar-refractivity contribution in [1.29, 1.82) is 5.26 Å². The van der Waals surface area contributed by atoms with Crippen LogP contribution in [-0.2, 0) is 4.79 Å². The third-order valence-electron chi connectivity index (χ3n) is 4.07. The van der Waals surface area contributed by atoms with Crippen LogP contribution in [0.5, 0.6) is 0 Å². The van der Waals surface area contributed by atoms with Gasteiger partial charge in [-0.2, -0.15) is 5.26 Å². The number of carbonyl (C=O) groups is 1. The zero-order valence-electron chi connectivity index (χ0n) is 14.6. The molecule has 26 heavy (non-hydrogen) atoms. The van der Waals surface area contributed by atoms with E-state index in [0.29, 0.717) is 11.3 Å². The second-order valence-electron chi connectivity index (χ2n) is 5.94. The van der Waals surface area contributed by atoms with Crippen LogP contribution in [0.4, 0.5) is 11.5 Å². The van der Waals surface area contributed by atoms with Gasteiger partial charge in [0.2, 0.25) is 5.91 Å². The maximum Gasteiger partial charge on any atom is 0.221 e. The van der Waals surface area contributed by atoms with Crippen LogP contribution in [0.2, 0.25) is 0 Å². The van der Waals surface area contributed by atoms with Crippen LogP contribution in [0.25, 0.3) is 22.3 Å². The van der Waals surface area contributed by atoms with Gasteiger partial charge >= 0.3 is 0 Å². The molecule has 0 fully saturated rings. The average molecular weight is 342 g/mol. The van der Waals surface area contributed by atoms with Crippen LogP contribution in [0.1, 0.15) is 18.2 Å². The zero-order chi connectivity index (χ0) is 18.7. The van der Waals surface area contributed by atoms with E-state index in [1.807, 2.05) is 49.4 Å². The lowest BCUT2D eigenvalue weighted by Gasteiger charge is -2.16. The van der Waals surface area contributed by atoms with Crippen LogP contribution < -0.4 is 11.1 Å².